The molecule has 1 N–H and O–H groups in total. The summed E-state index contributed by atoms with van der Waals surface area (Å²) in [6, 6.07) is 9.55. The first kappa shape index (κ1) is 15.1. The number of aromatic nitrogens is 1. The quantitative estimate of drug-likeness (QED) is 0.868. The lowest BCUT2D eigenvalue weighted by Gasteiger charge is -2.18. The zero-order chi connectivity index (χ0) is 14.4. The Labute approximate surface area is 127 Å². The van der Waals surface area contributed by atoms with Crippen molar-refractivity contribution in [2.24, 2.45) is 0 Å². The number of hydrogen-bond acceptors (Lipinski definition) is 2. The van der Waals surface area contributed by atoms with Gasteiger partial charge in [-0.3, -0.25) is 4.98 Å². The predicted molar refractivity (Wildman–Crippen MR) is 83.2 cm³/mol. The normalized spacial score (nSPS) is 12.3. The zero-order valence-electron chi connectivity index (χ0n) is 11.4. The molecule has 1 heterocycles. The molecule has 0 aliphatic carbocycles. The third-order valence-corrected chi connectivity index (χ3v) is 3.77. The van der Waals surface area contributed by atoms with Crippen molar-refractivity contribution >= 4 is 15.9 Å². The summed E-state index contributed by atoms with van der Waals surface area (Å²) < 4.78 is 13.8. The second-order valence-corrected chi connectivity index (χ2v) is 5.63. The molecule has 0 aliphatic heterocycles. The maximum Gasteiger partial charge on any atom is 0.137 e. The van der Waals surface area contributed by atoms with E-state index < -0.39 is 0 Å². The van der Waals surface area contributed by atoms with Crippen LogP contribution in [-0.2, 0) is 12.8 Å². The second kappa shape index (κ2) is 7.50. The number of nitrogens with zero attached hydrogens (tertiary/aromatic N) is 1. The van der Waals surface area contributed by atoms with E-state index in [0.717, 1.165) is 24.9 Å². The van der Waals surface area contributed by atoms with Gasteiger partial charge in [0.15, 0.2) is 0 Å². The molecule has 1 unspecified atom stereocenters. The summed E-state index contributed by atoms with van der Waals surface area (Å²) in [5, 5.41) is 3.48. The van der Waals surface area contributed by atoms with Gasteiger partial charge in [-0.05, 0) is 64.6 Å². The molecule has 0 radical (unpaired) electrons. The Kier molecular flexibility index (Phi) is 5.68. The second-order valence-electron chi connectivity index (χ2n) is 4.77. The lowest BCUT2D eigenvalue weighted by molar-refractivity contribution is 0.520. The van der Waals surface area contributed by atoms with E-state index in [-0.39, 0.29) is 5.82 Å². The van der Waals surface area contributed by atoms with Crippen molar-refractivity contribution in [3.05, 3.63) is 64.1 Å². The van der Waals surface area contributed by atoms with Crippen LogP contribution in [0.1, 0.15) is 18.1 Å². The molecule has 2 aromatic rings. The van der Waals surface area contributed by atoms with Crippen molar-refractivity contribution in [1.29, 1.82) is 0 Å². The number of benzene rings is 1. The molecule has 106 valence electrons. The summed E-state index contributed by atoms with van der Waals surface area (Å²) in [7, 11) is 0. The highest BCUT2D eigenvalue weighted by molar-refractivity contribution is 9.10. The molecule has 0 bridgehead atoms. The minimum Gasteiger partial charge on any atom is -0.314 e. The molecule has 0 amide bonds. The maximum absolute atomic E-state index is 13.3. The lowest BCUT2D eigenvalue weighted by atomic mass is 10.00. The fourth-order valence-corrected chi connectivity index (χ4v) is 2.69. The van der Waals surface area contributed by atoms with Crippen LogP contribution in [0.2, 0.25) is 0 Å². The highest BCUT2D eigenvalue weighted by Crippen LogP contribution is 2.18. The van der Waals surface area contributed by atoms with E-state index in [9.17, 15) is 4.39 Å². The first-order chi connectivity index (χ1) is 9.69. The molecular weight excluding hydrogens is 319 g/mol. The molecule has 0 saturated heterocycles. The van der Waals surface area contributed by atoms with Crippen LogP contribution in [-0.4, -0.2) is 17.6 Å². The predicted octanol–water partition coefficient (Wildman–Crippen LogP) is 3.75. The molecule has 4 heteroatoms. The van der Waals surface area contributed by atoms with Gasteiger partial charge in [-0.15, -0.1) is 0 Å². The van der Waals surface area contributed by atoms with E-state index >= 15 is 0 Å². The van der Waals surface area contributed by atoms with Gasteiger partial charge in [0.25, 0.3) is 0 Å². The number of halogens is 2. The highest BCUT2D eigenvalue weighted by atomic mass is 79.9. The molecule has 0 aliphatic rings. The minimum absolute atomic E-state index is 0.221. The molecule has 1 aromatic heterocycles. The molecule has 2 rings (SSSR count). The summed E-state index contributed by atoms with van der Waals surface area (Å²) in [6.07, 6.45) is 5.45. The molecule has 1 aromatic carbocycles. The van der Waals surface area contributed by atoms with E-state index in [1.807, 2.05) is 24.4 Å². The fourth-order valence-electron chi connectivity index (χ4n) is 2.26. The lowest BCUT2D eigenvalue weighted by Crippen LogP contribution is -2.33. The Bertz CT molecular complexity index is 545. The Morgan fingerprint density at radius 3 is 2.70 bits per heavy atom. The van der Waals surface area contributed by atoms with Gasteiger partial charge in [0.1, 0.15) is 5.82 Å². The van der Waals surface area contributed by atoms with Crippen molar-refractivity contribution in [3.63, 3.8) is 0 Å². The summed E-state index contributed by atoms with van der Waals surface area (Å²) in [6.45, 7) is 3.00. The number of rotatable bonds is 6. The molecular formula is C16H18BrFN2. The largest absolute Gasteiger partial charge is 0.314 e. The number of pyridine rings is 1. The first-order valence-electron chi connectivity index (χ1n) is 6.75. The zero-order valence-corrected chi connectivity index (χ0v) is 13.0. The first-order valence-corrected chi connectivity index (χ1v) is 7.54. The van der Waals surface area contributed by atoms with Gasteiger partial charge in [-0.2, -0.15) is 0 Å². The van der Waals surface area contributed by atoms with Gasteiger partial charge in [0.05, 0.1) is 4.47 Å². The SMILES string of the molecule is CCNC(Cc1cccnc1)Cc1ccc(F)c(Br)c1. The van der Waals surface area contributed by atoms with E-state index in [0.29, 0.717) is 10.5 Å². The third-order valence-electron chi connectivity index (χ3n) is 3.16. The average molecular weight is 337 g/mol. The van der Waals surface area contributed by atoms with Gasteiger partial charge in [0.2, 0.25) is 0 Å². The summed E-state index contributed by atoms with van der Waals surface area (Å²) in [5.74, 6) is -0.221. The van der Waals surface area contributed by atoms with Gasteiger partial charge >= 0.3 is 0 Å². The summed E-state index contributed by atoms with van der Waals surface area (Å²) in [5.41, 5.74) is 2.33. The number of hydrogen-bond donors (Lipinski definition) is 1. The van der Waals surface area contributed by atoms with Crippen LogP contribution >= 0.6 is 15.9 Å². The van der Waals surface area contributed by atoms with Gasteiger partial charge in [-0.1, -0.05) is 19.1 Å². The van der Waals surface area contributed by atoms with Crippen molar-refractivity contribution in [1.82, 2.24) is 10.3 Å². The maximum atomic E-state index is 13.3. The van der Waals surface area contributed by atoms with Crippen LogP contribution in [0.5, 0.6) is 0 Å². The summed E-state index contributed by atoms with van der Waals surface area (Å²) >= 11 is 3.24. The van der Waals surface area contributed by atoms with Crippen LogP contribution < -0.4 is 5.32 Å². The number of likely N-dealkylation sites (N-methyl/N-ethyl adjacent to an activating group) is 1. The van der Waals surface area contributed by atoms with Crippen molar-refractivity contribution in [3.8, 4) is 0 Å². The van der Waals surface area contributed by atoms with E-state index in [4.69, 9.17) is 0 Å². The van der Waals surface area contributed by atoms with E-state index in [1.165, 1.54) is 11.6 Å². The molecule has 1 atom stereocenters. The molecule has 0 spiro atoms. The standard InChI is InChI=1S/C16H18BrFN2/c1-2-20-14(9-13-4-3-7-19-11-13)8-12-5-6-16(18)15(17)10-12/h3-7,10-11,14,20H,2,8-9H2,1H3. The Hall–Kier alpha value is -1.26. The van der Waals surface area contributed by atoms with Gasteiger partial charge in [-0.25, -0.2) is 4.39 Å². The number of nitrogens with one attached hydrogen (secondary N) is 1. The monoisotopic (exact) mass is 336 g/mol. The average Bonchev–Trinajstić information content (AvgIpc) is 2.44. The van der Waals surface area contributed by atoms with Crippen molar-refractivity contribution in [2.75, 3.05) is 6.54 Å². The molecule has 0 fully saturated rings. The summed E-state index contributed by atoms with van der Waals surface area (Å²) in [4.78, 5) is 4.15. The van der Waals surface area contributed by atoms with Gasteiger partial charge in [0, 0.05) is 18.4 Å². The topological polar surface area (TPSA) is 24.9 Å². The van der Waals surface area contributed by atoms with Crippen molar-refractivity contribution < 1.29 is 4.39 Å². The van der Waals surface area contributed by atoms with E-state index in [2.05, 4.69) is 39.2 Å². The van der Waals surface area contributed by atoms with Crippen LogP contribution in [0, 0.1) is 5.82 Å². The van der Waals surface area contributed by atoms with Crippen molar-refractivity contribution in [2.45, 2.75) is 25.8 Å². The Balaban J connectivity index is 2.06. The van der Waals surface area contributed by atoms with Gasteiger partial charge < -0.3 is 5.32 Å². The highest BCUT2D eigenvalue weighted by Gasteiger charge is 2.11. The van der Waals surface area contributed by atoms with Crippen LogP contribution in [0.4, 0.5) is 4.39 Å². The van der Waals surface area contributed by atoms with E-state index in [1.54, 1.807) is 6.20 Å². The molecule has 0 saturated carbocycles. The Morgan fingerprint density at radius 1 is 1.25 bits per heavy atom. The van der Waals surface area contributed by atoms with Crippen LogP contribution in [0.15, 0.2) is 47.2 Å². The third kappa shape index (κ3) is 4.39. The minimum atomic E-state index is -0.221. The smallest absolute Gasteiger partial charge is 0.137 e. The Morgan fingerprint density at radius 2 is 2.05 bits per heavy atom. The molecule has 20 heavy (non-hydrogen) atoms. The van der Waals surface area contributed by atoms with Crippen LogP contribution in [0.25, 0.3) is 0 Å². The van der Waals surface area contributed by atoms with Crippen LogP contribution in [0.3, 0.4) is 0 Å². The molecule has 2 nitrogen and oxygen atoms in total. The fraction of sp³-hybridized carbons (Fsp3) is 0.312.